The Morgan fingerprint density at radius 3 is 2.76 bits per heavy atom. The Balaban J connectivity index is 1.98. The number of aliphatic imine (C=N–C) groups is 1. The molecule has 1 aromatic heterocycles. The largest absolute Gasteiger partial charge is 0.462 e. The third-order valence-corrected chi connectivity index (χ3v) is 4.26. The van der Waals surface area contributed by atoms with E-state index in [4.69, 9.17) is 11.0 Å². The molecule has 1 aliphatic heterocycles. The minimum Gasteiger partial charge on any atom is -0.462 e. The highest BCUT2D eigenvalue weighted by Gasteiger charge is 2.54. The van der Waals surface area contributed by atoms with Gasteiger partial charge in [-0.25, -0.2) is 27.5 Å². The lowest BCUT2D eigenvalue weighted by Crippen LogP contribution is -2.50. The molecule has 0 saturated carbocycles. The maximum absolute atomic E-state index is 14.5. The molecule has 1 amide bonds. The van der Waals surface area contributed by atoms with E-state index in [2.05, 4.69) is 20.0 Å². The number of benzene rings is 1. The zero-order chi connectivity index (χ0) is 21.2. The number of aromatic nitrogens is 1. The van der Waals surface area contributed by atoms with E-state index in [0.29, 0.717) is 0 Å². The summed E-state index contributed by atoms with van der Waals surface area (Å²) in [6.45, 7) is -0.829. The maximum Gasteiger partial charge on any atom is 0.283 e. The van der Waals surface area contributed by atoms with Crippen molar-refractivity contribution < 1.29 is 27.1 Å². The van der Waals surface area contributed by atoms with Crippen LogP contribution in [0.25, 0.3) is 0 Å². The number of ether oxygens (including phenoxy) is 1. The van der Waals surface area contributed by atoms with Gasteiger partial charge in [-0.3, -0.25) is 4.79 Å². The molecule has 2 atom stereocenters. The number of nitriles is 1. The van der Waals surface area contributed by atoms with Crippen molar-refractivity contribution in [2.75, 3.05) is 11.9 Å². The molecule has 0 aliphatic carbocycles. The van der Waals surface area contributed by atoms with Gasteiger partial charge in [0.1, 0.15) is 24.2 Å². The highest BCUT2D eigenvalue weighted by Crippen LogP contribution is 2.42. The summed E-state index contributed by atoms with van der Waals surface area (Å²) in [6, 6.07) is 6.55. The number of amidine groups is 1. The quantitative estimate of drug-likeness (QED) is 0.756. The van der Waals surface area contributed by atoms with Crippen LogP contribution in [0.5, 0.6) is 0 Å². The molecule has 7 nitrogen and oxygen atoms in total. The van der Waals surface area contributed by atoms with Gasteiger partial charge in [0.15, 0.2) is 11.7 Å². The second-order valence-electron chi connectivity index (χ2n) is 6.05. The van der Waals surface area contributed by atoms with E-state index in [9.17, 15) is 22.4 Å². The van der Waals surface area contributed by atoms with Crippen LogP contribution in [0.2, 0.25) is 0 Å². The van der Waals surface area contributed by atoms with Crippen LogP contribution in [0.1, 0.15) is 21.6 Å². The predicted octanol–water partition coefficient (Wildman–Crippen LogP) is 2.49. The molecule has 0 saturated heterocycles. The first-order chi connectivity index (χ1) is 13.8. The van der Waals surface area contributed by atoms with Gasteiger partial charge in [-0.15, -0.1) is 0 Å². The molecule has 3 N–H and O–H groups in total. The van der Waals surface area contributed by atoms with Gasteiger partial charge in [0.25, 0.3) is 18.4 Å². The average molecular weight is 407 g/mol. The second-order valence-corrected chi connectivity index (χ2v) is 6.05. The number of pyridine rings is 1. The lowest BCUT2D eigenvalue weighted by molar-refractivity contribution is -0.0302. The summed E-state index contributed by atoms with van der Waals surface area (Å²) < 4.78 is 61.2. The summed E-state index contributed by atoms with van der Waals surface area (Å²) >= 11 is 0. The third kappa shape index (κ3) is 3.69. The van der Waals surface area contributed by atoms with Crippen molar-refractivity contribution in [3.63, 3.8) is 0 Å². The first-order valence-electron chi connectivity index (χ1n) is 8.15. The van der Waals surface area contributed by atoms with Gasteiger partial charge in [-0.1, -0.05) is 0 Å². The van der Waals surface area contributed by atoms with Crippen LogP contribution in [-0.4, -0.2) is 36.1 Å². The number of nitrogens with two attached hydrogens (primary N) is 1. The SMILES string of the molecule is N#Cc1ccc(C(=O)Nc2ccc(F)c([C@@]3(C(F)F)N=C(N)OC[C@@H]3F)c2)nc1. The smallest absolute Gasteiger partial charge is 0.283 e. The number of halogens is 4. The molecule has 0 unspecified atom stereocenters. The van der Waals surface area contributed by atoms with Crippen LogP contribution < -0.4 is 11.1 Å². The van der Waals surface area contributed by atoms with Gasteiger partial charge in [-0.2, -0.15) is 5.26 Å². The van der Waals surface area contributed by atoms with Crippen LogP contribution in [0.4, 0.5) is 23.2 Å². The van der Waals surface area contributed by atoms with Crippen LogP contribution in [0.15, 0.2) is 41.5 Å². The lowest BCUT2D eigenvalue weighted by Gasteiger charge is -2.36. The molecular weight excluding hydrogens is 394 g/mol. The Bertz CT molecular complexity index is 1010. The molecule has 29 heavy (non-hydrogen) atoms. The molecule has 1 aliphatic rings. The molecule has 0 radical (unpaired) electrons. The van der Waals surface area contributed by atoms with Crippen molar-refractivity contribution in [1.29, 1.82) is 5.26 Å². The predicted molar refractivity (Wildman–Crippen MR) is 93.5 cm³/mol. The van der Waals surface area contributed by atoms with Gasteiger partial charge >= 0.3 is 0 Å². The van der Waals surface area contributed by atoms with Crippen LogP contribution in [0.3, 0.4) is 0 Å². The number of anilines is 1. The second kappa shape index (κ2) is 7.75. The normalized spacial score (nSPS) is 21.1. The Hall–Kier alpha value is -3.68. The topological polar surface area (TPSA) is 113 Å². The highest BCUT2D eigenvalue weighted by atomic mass is 19.3. The number of carbonyl (C=O) groups excluding carboxylic acids is 1. The van der Waals surface area contributed by atoms with E-state index >= 15 is 0 Å². The summed E-state index contributed by atoms with van der Waals surface area (Å²) in [7, 11) is 0. The van der Waals surface area contributed by atoms with E-state index < -0.39 is 48.1 Å². The van der Waals surface area contributed by atoms with Gasteiger partial charge < -0.3 is 15.8 Å². The van der Waals surface area contributed by atoms with Gasteiger partial charge in [0.2, 0.25) is 0 Å². The Morgan fingerprint density at radius 2 is 2.14 bits per heavy atom. The standard InChI is InChI=1S/C18H13F4N5O2/c19-12-3-2-10(26-15(28)13-4-1-9(6-23)7-25-13)5-11(12)18(16(21)22)14(20)8-29-17(24)27-18/h1-5,7,14,16H,8H2,(H2,24,27)(H,26,28)/t14-,18+/m0/s1. The van der Waals surface area contributed by atoms with E-state index in [-0.39, 0.29) is 16.9 Å². The molecule has 1 aromatic carbocycles. The Labute approximate surface area is 161 Å². The Morgan fingerprint density at radius 1 is 1.38 bits per heavy atom. The number of carbonyl (C=O) groups is 1. The van der Waals surface area contributed by atoms with E-state index in [0.717, 1.165) is 18.2 Å². The van der Waals surface area contributed by atoms with Gasteiger partial charge in [0, 0.05) is 17.4 Å². The molecule has 0 bridgehead atoms. The fraction of sp³-hybridized carbons (Fsp3) is 0.222. The molecule has 2 heterocycles. The fourth-order valence-corrected chi connectivity index (χ4v) is 2.80. The van der Waals surface area contributed by atoms with Crippen molar-refractivity contribution in [1.82, 2.24) is 4.98 Å². The van der Waals surface area contributed by atoms with Crippen molar-refractivity contribution in [3.05, 3.63) is 59.2 Å². The summed E-state index contributed by atoms with van der Waals surface area (Å²) in [5, 5.41) is 11.1. The molecule has 11 heteroatoms. The minimum absolute atomic E-state index is 0.0739. The van der Waals surface area contributed by atoms with E-state index in [1.165, 1.54) is 18.3 Å². The highest BCUT2D eigenvalue weighted by molar-refractivity contribution is 6.02. The third-order valence-electron chi connectivity index (χ3n) is 4.26. The summed E-state index contributed by atoms with van der Waals surface area (Å²) in [5.41, 5.74) is 1.69. The zero-order valence-electron chi connectivity index (χ0n) is 14.6. The van der Waals surface area contributed by atoms with Gasteiger partial charge in [-0.05, 0) is 30.3 Å². The number of hydrogen-bond acceptors (Lipinski definition) is 6. The molecule has 150 valence electrons. The number of nitrogens with one attached hydrogen (secondary N) is 1. The van der Waals surface area contributed by atoms with Crippen LogP contribution in [-0.2, 0) is 10.3 Å². The van der Waals surface area contributed by atoms with Crippen molar-refractivity contribution in [3.8, 4) is 6.07 Å². The van der Waals surface area contributed by atoms with Crippen LogP contribution >= 0.6 is 0 Å². The molecular formula is C18H13F4N5O2. The number of alkyl halides is 3. The van der Waals surface area contributed by atoms with Crippen molar-refractivity contribution in [2.45, 2.75) is 18.1 Å². The maximum atomic E-state index is 14.5. The Kier molecular flexibility index (Phi) is 5.36. The van der Waals surface area contributed by atoms with Crippen molar-refractivity contribution in [2.24, 2.45) is 10.7 Å². The van der Waals surface area contributed by atoms with E-state index in [1.807, 2.05) is 6.07 Å². The fourth-order valence-electron chi connectivity index (χ4n) is 2.80. The van der Waals surface area contributed by atoms with Gasteiger partial charge in [0.05, 0.1) is 5.56 Å². The molecule has 2 aromatic rings. The molecule has 0 fully saturated rings. The number of hydrogen-bond donors (Lipinski definition) is 2. The molecule has 3 rings (SSSR count). The first kappa shape index (κ1) is 20.1. The minimum atomic E-state index is -3.44. The first-order valence-corrected chi connectivity index (χ1v) is 8.15. The molecule has 0 spiro atoms. The number of rotatable bonds is 4. The van der Waals surface area contributed by atoms with Crippen molar-refractivity contribution >= 4 is 17.6 Å². The zero-order valence-corrected chi connectivity index (χ0v) is 14.6. The summed E-state index contributed by atoms with van der Waals surface area (Å²) in [4.78, 5) is 19.4. The van der Waals surface area contributed by atoms with Crippen LogP contribution in [0, 0.1) is 17.1 Å². The summed E-state index contributed by atoms with van der Waals surface area (Å²) in [6.07, 6.45) is -4.65. The number of amides is 1. The van der Waals surface area contributed by atoms with E-state index in [1.54, 1.807) is 0 Å². The monoisotopic (exact) mass is 407 g/mol. The average Bonchev–Trinajstić information content (AvgIpc) is 2.71. The lowest BCUT2D eigenvalue weighted by atomic mass is 9.85. The summed E-state index contributed by atoms with van der Waals surface area (Å²) in [5.74, 6) is -1.90. The number of nitrogens with zero attached hydrogens (tertiary/aromatic N) is 3.